The van der Waals surface area contributed by atoms with Crippen LogP contribution in [0.3, 0.4) is 0 Å². The van der Waals surface area contributed by atoms with Crippen molar-refractivity contribution in [2.45, 2.75) is 32.2 Å². The summed E-state index contributed by atoms with van der Waals surface area (Å²) >= 11 is 6.05. The van der Waals surface area contributed by atoms with Crippen LogP contribution < -0.4 is 16.0 Å². The zero-order chi connectivity index (χ0) is 14.5. The molecule has 1 aromatic rings. The van der Waals surface area contributed by atoms with E-state index in [9.17, 15) is 9.59 Å². The largest absolute Gasteiger partial charge is 0.354 e. The molecule has 1 saturated heterocycles. The number of carbonyl (C=O) groups is 2. The molecule has 1 aliphatic rings. The van der Waals surface area contributed by atoms with Gasteiger partial charge in [0.2, 0.25) is 5.91 Å². The molecule has 7 heteroatoms. The Morgan fingerprint density at radius 1 is 1.50 bits per heavy atom. The maximum Gasteiger partial charge on any atom is 0.319 e. The van der Waals surface area contributed by atoms with E-state index in [1.807, 2.05) is 0 Å². The van der Waals surface area contributed by atoms with Gasteiger partial charge in [-0.1, -0.05) is 11.6 Å². The van der Waals surface area contributed by atoms with E-state index in [0.717, 1.165) is 12.8 Å². The number of carbonyl (C=O) groups excluding carboxylic acids is 2. The molecule has 108 valence electrons. The monoisotopic (exact) mass is 296 g/mol. The molecule has 2 rings (SSSR count). The summed E-state index contributed by atoms with van der Waals surface area (Å²) in [7, 11) is 0. The summed E-state index contributed by atoms with van der Waals surface area (Å²) in [5.74, 6) is -0.144. The minimum Gasteiger partial charge on any atom is -0.354 e. The van der Waals surface area contributed by atoms with Crippen molar-refractivity contribution < 1.29 is 9.59 Å². The van der Waals surface area contributed by atoms with Gasteiger partial charge in [0, 0.05) is 12.7 Å². The van der Waals surface area contributed by atoms with Crippen molar-refractivity contribution in [2.75, 3.05) is 11.9 Å². The average molecular weight is 297 g/mol. The van der Waals surface area contributed by atoms with Crippen LogP contribution in [0.2, 0.25) is 5.02 Å². The zero-order valence-electron chi connectivity index (χ0n) is 11.2. The molecule has 0 saturated carbocycles. The van der Waals surface area contributed by atoms with Gasteiger partial charge in [-0.3, -0.25) is 9.78 Å². The summed E-state index contributed by atoms with van der Waals surface area (Å²) in [4.78, 5) is 27.7. The Morgan fingerprint density at radius 2 is 2.30 bits per heavy atom. The first-order chi connectivity index (χ1) is 9.58. The number of nitrogens with zero attached hydrogens (tertiary/aromatic N) is 1. The van der Waals surface area contributed by atoms with Gasteiger partial charge in [0.05, 0.1) is 16.4 Å². The van der Waals surface area contributed by atoms with Crippen molar-refractivity contribution in [3.05, 3.63) is 23.0 Å². The molecule has 0 aliphatic carbocycles. The third-order valence-electron chi connectivity index (χ3n) is 3.15. The van der Waals surface area contributed by atoms with Crippen LogP contribution in [-0.4, -0.2) is 29.5 Å². The van der Waals surface area contributed by atoms with Crippen molar-refractivity contribution in [1.29, 1.82) is 0 Å². The van der Waals surface area contributed by atoms with Gasteiger partial charge >= 0.3 is 6.03 Å². The van der Waals surface area contributed by atoms with E-state index < -0.39 is 12.1 Å². The maximum atomic E-state index is 11.9. The molecule has 1 aliphatic heterocycles. The number of anilines is 1. The second-order valence-electron chi connectivity index (χ2n) is 4.70. The summed E-state index contributed by atoms with van der Waals surface area (Å²) in [5.41, 5.74) is 1.11. The van der Waals surface area contributed by atoms with E-state index in [1.165, 1.54) is 0 Å². The van der Waals surface area contributed by atoms with Crippen molar-refractivity contribution in [1.82, 2.24) is 15.6 Å². The van der Waals surface area contributed by atoms with Gasteiger partial charge in [0.25, 0.3) is 0 Å². The van der Waals surface area contributed by atoms with Crippen LogP contribution in [0.1, 0.15) is 25.0 Å². The summed E-state index contributed by atoms with van der Waals surface area (Å²) in [6, 6.07) is 0.668. The summed E-state index contributed by atoms with van der Waals surface area (Å²) in [6.07, 6.45) is 4.04. The Bertz CT molecular complexity index is 521. The van der Waals surface area contributed by atoms with E-state index in [2.05, 4.69) is 20.9 Å². The Morgan fingerprint density at radius 3 is 3.10 bits per heavy atom. The Kier molecular flexibility index (Phi) is 4.79. The minimum atomic E-state index is -0.501. The van der Waals surface area contributed by atoms with E-state index >= 15 is 0 Å². The lowest BCUT2D eigenvalue weighted by Crippen LogP contribution is -2.47. The summed E-state index contributed by atoms with van der Waals surface area (Å²) in [6.45, 7) is 2.41. The number of hydrogen-bond donors (Lipinski definition) is 3. The average Bonchev–Trinajstić information content (AvgIpc) is 2.61. The van der Waals surface area contributed by atoms with Crippen molar-refractivity contribution in [3.8, 4) is 0 Å². The Labute approximate surface area is 122 Å². The molecule has 1 fully saturated rings. The van der Waals surface area contributed by atoms with Gasteiger partial charge in [-0.2, -0.15) is 0 Å². The third kappa shape index (κ3) is 3.60. The molecule has 0 unspecified atom stereocenters. The topological polar surface area (TPSA) is 83.1 Å². The van der Waals surface area contributed by atoms with Gasteiger partial charge in [-0.25, -0.2) is 4.79 Å². The molecule has 3 amide bonds. The fourth-order valence-corrected chi connectivity index (χ4v) is 2.20. The molecule has 0 radical (unpaired) electrons. The minimum absolute atomic E-state index is 0.144. The number of aryl methyl sites for hydroxylation is 1. The van der Waals surface area contributed by atoms with Crippen LogP contribution in [0.15, 0.2) is 12.3 Å². The van der Waals surface area contributed by atoms with Gasteiger partial charge < -0.3 is 16.0 Å². The van der Waals surface area contributed by atoms with Crippen molar-refractivity contribution >= 4 is 29.2 Å². The SMILES string of the molecule is Cc1nccc(NC(=O)N[C@H]2CCCCNC2=O)c1Cl. The molecule has 0 bridgehead atoms. The van der Waals surface area contributed by atoms with E-state index in [4.69, 9.17) is 11.6 Å². The number of pyridine rings is 1. The Hall–Kier alpha value is -1.82. The lowest BCUT2D eigenvalue weighted by atomic mass is 10.1. The number of hydrogen-bond acceptors (Lipinski definition) is 3. The predicted octanol–water partition coefficient (Wildman–Crippen LogP) is 1.83. The molecule has 20 heavy (non-hydrogen) atoms. The quantitative estimate of drug-likeness (QED) is 0.778. The molecule has 0 aromatic carbocycles. The fourth-order valence-electron chi connectivity index (χ4n) is 2.04. The first-order valence-corrected chi connectivity index (χ1v) is 6.92. The number of urea groups is 1. The Balaban J connectivity index is 1.98. The maximum absolute atomic E-state index is 11.9. The smallest absolute Gasteiger partial charge is 0.319 e. The van der Waals surface area contributed by atoms with Crippen LogP contribution >= 0.6 is 11.6 Å². The van der Waals surface area contributed by atoms with Crippen LogP contribution in [0.5, 0.6) is 0 Å². The van der Waals surface area contributed by atoms with Crippen LogP contribution in [-0.2, 0) is 4.79 Å². The molecule has 2 heterocycles. The van der Waals surface area contributed by atoms with Gasteiger partial charge in [0.15, 0.2) is 0 Å². The van der Waals surface area contributed by atoms with Gasteiger partial charge in [-0.05, 0) is 32.3 Å². The molecule has 1 atom stereocenters. The van der Waals surface area contributed by atoms with Gasteiger partial charge in [0.1, 0.15) is 6.04 Å². The van der Waals surface area contributed by atoms with Crippen LogP contribution in [0, 0.1) is 6.92 Å². The van der Waals surface area contributed by atoms with Crippen LogP contribution in [0.25, 0.3) is 0 Å². The molecule has 0 spiro atoms. The van der Waals surface area contributed by atoms with E-state index in [-0.39, 0.29) is 5.91 Å². The van der Waals surface area contributed by atoms with E-state index in [0.29, 0.717) is 29.4 Å². The third-order valence-corrected chi connectivity index (χ3v) is 3.63. The number of halogens is 1. The first-order valence-electron chi connectivity index (χ1n) is 6.54. The lowest BCUT2D eigenvalue weighted by molar-refractivity contribution is -0.122. The summed E-state index contributed by atoms with van der Waals surface area (Å²) < 4.78 is 0. The number of nitrogens with one attached hydrogen (secondary N) is 3. The highest BCUT2D eigenvalue weighted by Crippen LogP contribution is 2.23. The second kappa shape index (κ2) is 6.56. The normalized spacial score (nSPS) is 18.9. The van der Waals surface area contributed by atoms with E-state index in [1.54, 1.807) is 19.2 Å². The highest BCUT2D eigenvalue weighted by Gasteiger charge is 2.22. The van der Waals surface area contributed by atoms with Crippen molar-refractivity contribution in [3.63, 3.8) is 0 Å². The fraction of sp³-hybridized carbons (Fsp3) is 0.462. The molecule has 1 aromatic heterocycles. The van der Waals surface area contributed by atoms with Gasteiger partial charge in [-0.15, -0.1) is 0 Å². The standard InChI is InChI=1S/C13H17ClN4O2/c1-8-11(14)9(5-7-15-8)17-13(20)18-10-4-2-3-6-16-12(10)19/h5,7,10H,2-4,6H2,1H3,(H,16,19)(H2,15,17,18,20)/t10-/m0/s1. The number of aromatic nitrogens is 1. The molecular weight excluding hydrogens is 280 g/mol. The second-order valence-corrected chi connectivity index (χ2v) is 5.07. The molecular formula is C13H17ClN4O2. The number of amides is 3. The lowest BCUT2D eigenvalue weighted by Gasteiger charge is -2.16. The first kappa shape index (κ1) is 14.6. The highest BCUT2D eigenvalue weighted by atomic mass is 35.5. The zero-order valence-corrected chi connectivity index (χ0v) is 12.0. The molecule has 3 N–H and O–H groups in total. The molecule has 6 nitrogen and oxygen atoms in total. The van der Waals surface area contributed by atoms with Crippen molar-refractivity contribution in [2.24, 2.45) is 0 Å². The number of rotatable bonds is 2. The van der Waals surface area contributed by atoms with Crippen LogP contribution in [0.4, 0.5) is 10.5 Å². The summed E-state index contributed by atoms with van der Waals surface area (Å²) in [5, 5.41) is 8.46. The predicted molar refractivity (Wildman–Crippen MR) is 76.8 cm³/mol. The highest BCUT2D eigenvalue weighted by molar-refractivity contribution is 6.34.